The fourth-order valence-corrected chi connectivity index (χ4v) is 2.22. The topological polar surface area (TPSA) is 29.5 Å². The lowest BCUT2D eigenvalue weighted by Crippen LogP contribution is -2.48. The summed E-state index contributed by atoms with van der Waals surface area (Å²) >= 11 is 0. The Labute approximate surface area is 90.9 Å². The van der Waals surface area contributed by atoms with Gasteiger partial charge in [0.1, 0.15) is 11.4 Å². The van der Waals surface area contributed by atoms with Crippen LogP contribution in [0.4, 0.5) is 0 Å². The van der Waals surface area contributed by atoms with Crippen molar-refractivity contribution in [2.45, 2.75) is 45.3 Å². The van der Waals surface area contributed by atoms with Gasteiger partial charge >= 0.3 is 0 Å². The van der Waals surface area contributed by atoms with Crippen molar-refractivity contribution in [1.29, 1.82) is 0 Å². The van der Waals surface area contributed by atoms with Crippen molar-refractivity contribution in [3.05, 3.63) is 29.3 Å². The Kier molecular flexibility index (Phi) is 2.27. The van der Waals surface area contributed by atoms with Gasteiger partial charge in [0, 0.05) is 5.92 Å². The Morgan fingerprint density at radius 2 is 2.00 bits per heavy atom. The maximum atomic E-state index is 10.1. The SMILES string of the molecule is Cc1ccc2c(c1)OC(C)(C)C(O)C2C. The Morgan fingerprint density at radius 1 is 1.33 bits per heavy atom. The number of benzene rings is 1. The third kappa shape index (κ3) is 1.63. The Balaban J connectivity index is 2.50. The zero-order valence-electron chi connectivity index (χ0n) is 9.74. The minimum absolute atomic E-state index is 0.129. The lowest BCUT2D eigenvalue weighted by Gasteiger charge is -2.41. The molecule has 0 saturated heterocycles. The maximum absolute atomic E-state index is 10.1. The molecule has 15 heavy (non-hydrogen) atoms. The summed E-state index contributed by atoms with van der Waals surface area (Å²) in [7, 11) is 0. The summed E-state index contributed by atoms with van der Waals surface area (Å²) < 4.78 is 5.83. The molecule has 2 atom stereocenters. The molecule has 2 unspecified atom stereocenters. The summed E-state index contributed by atoms with van der Waals surface area (Å²) in [4.78, 5) is 0. The maximum Gasteiger partial charge on any atom is 0.130 e. The van der Waals surface area contributed by atoms with Crippen LogP contribution in [-0.2, 0) is 0 Å². The van der Waals surface area contributed by atoms with E-state index in [2.05, 4.69) is 6.07 Å². The number of fused-ring (bicyclic) bond motifs is 1. The largest absolute Gasteiger partial charge is 0.485 e. The molecule has 2 heteroatoms. The molecular weight excluding hydrogens is 188 g/mol. The van der Waals surface area contributed by atoms with Crippen molar-refractivity contribution in [3.8, 4) is 5.75 Å². The molecule has 0 bridgehead atoms. The summed E-state index contributed by atoms with van der Waals surface area (Å²) in [5.41, 5.74) is 1.79. The van der Waals surface area contributed by atoms with Gasteiger partial charge in [0.05, 0.1) is 6.10 Å². The van der Waals surface area contributed by atoms with E-state index in [4.69, 9.17) is 4.74 Å². The second-order valence-corrected chi connectivity index (χ2v) is 4.98. The summed E-state index contributed by atoms with van der Waals surface area (Å²) in [5, 5.41) is 10.1. The monoisotopic (exact) mass is 206 g/mol. The second kappa shape index (κ2) is 3.24. The van der Waals surface area contributed by atoms with Crippen LogP contribution in [-0.4, -0.2) is 16.8 Å². The molecule has 1 aliphatic rings. The van der Waals surface area contributed by atoms with Crippen LogP contribution in [0, 0.1) is 6.92 Å². The number of hydrogen-bond acceptors (Lipinski definition) is 2. The van der Waals surface area contributed by atoms with Crippen LogP contribution >= 0.6 is 0 Å². The molecule has 1 aromatic rings. The molecule has 1 heterocycles. The Bertz CT molecular complexity index is 382. The summed E-state index contributed by atoms with van der Waals surface area (Å²) in [6, 6.07) is 6.15. The first-order valence-corrected chi connectivity index (χ1v) is 5.39. The zero-order chi connectivity index (χ0) is 11.2. The fraction of sp³-hybridized carbons (Fsp3) is 0.538. The van der Waals surface area contributed by atoms with Crippen molar-refractivity contribution in [2.24, 2.45) is 0 Å². The van der Waals surface area contributed by atoms with Crippen LogP contribution in [0.15, 0.2) is 18.2 Å². The van der Waals surface area contributed by atoms with E-state index in [9.17, 15) is 5.11 Å². The molecule has 0 fully saturated rings. The van der Waals surface area contributed by atoms with Crippen molar-refractivity contribution < 1.29 is 9.84 Å². The highest BCUT2D eigenvalue weighted by Crippen LogP contribution is 2.40. The molecule has 0 aromatic heterocycles. The number of ether oxygens (including phenoxy) is 1. The molecule has 2 rings (SSSR count). The van der Waals surface area contributed by atoms with E-state index in [1.54, 1.807) is 0 Å². The first-order chi connectivity index (χ1) is 6.92. The molecule has 0 amide bonds. The highest BCUT2D eigenvalue weighted by atomic mass is 16.5. The number of aliphatic hydroxyl groups excluding tert-OH is 1. The van der Waals surface area contributed by atoms with Gasteiger partial charge in [-0.05, 0) is 38.0 Å². The van der Waals surface area contributed by atoms with Gasteiger partial charge in [0.15, 0.2) is 0 Å². The number of hydrogen-bond donors (Lipinski definition) is 1. The fourth-order valence-electron chi connectivity index (χ4n) is 2.22. The zero-order valence-corrected chi connectivity index (χ0v) is 9.74. The van der Waals surface area contributed by atoms with Gasteiger partial charge in [0.2, 0.25) is 0 Å². The van der Waals surface area contributed by atoms with Crippen molar-refractivity contribution in [3.63, 3.8) is 0 Å². The predicted octanol–water partition coefficient (Wildman–Crippen LogP) is 2.63. The first-order valence-electron chi connectivity index (χ1n) is 5.39. The van der Waals surface area contributed by atoms with E-state index in [0.29, 0.717) is 0 Å². The van der Waals surface area contributed by atoms with E-state index >= 15 is 0 Å². The van der Waals surface area contributed by atoms with Crippen molar-refractivity contribution in [1.82, 2.24) is 0 Å². The van der Waals surface area contributed by atoms with Crippen LogP contribution in [0.3, 0.4) is 0 Å². The van der Waals surface area contributed by atoms with Gasteiger partial charge in [-0.15, -0.1) is 0 Å². The third-order valence-electron chi connectivity index (χ3n) is 3.22. The van der Waals surface area contributed by atoms with Gasteiger partial charge in [-0.1, -0.05) is 19.1 Å². The molecule has 0 radical (unpaired) electrons. The highest BCUT2D eigenvalue weighted by Gasteiger charge is 2.40. The molecule has 1 N–H and O–H groups in total. The molecular formula is C13H18O2. The summed E-state index contributed by atoms with van der Waals surface area (Å²) in [6.07, 6.45) is -0.451. The summed E-state index contributed by atoms with van der Waals surface area (Å²) in [5.74, 6) is 1.04. The molecule has 1 aromatic carbocycles. The quantitative estimate of drug-likeness (QED) is 0.707. The lowest BCUT2D eigenvalue weighted by molar-refractivity contribution is -0.0549. The van der Waals surface area contributed by atoms with Crippen LogP contribution in [0.25, 0.3) is 0 Å². The van der Waals surface area contributed by atoms with Crippen molar-refractivity contribution >= 4 is 0 Å². The van der Waals surface area contributed by atoms with E-state index in [0.717, 1.165) is 11.3 Å². The summed E-state index contributed by atoms with van der Waals surface area (Å²) in [6.45, 7) is 7.95. The minimum Gasteiger partial charge on any atom is -0.485 e. The van der Waals surface area contributed by atoms with Gasteiger partial charge in [-0.3, -0.25) is 0 Å². The Hall–Kier alpha value is -1.02. The van der Waals surface area contributed by atoms with Gasteiger partial charge < -0.3 is 9.84 Å². The smallest absolute Gasteiger partial charge is 0.130 e. The highest BCUT2D eigenvalue weighted by molar-refractivity contribution is 5.42. The van der Waals surface area contributed by atoms with Crippen LogP contribution in [0.2, 0.25) is 0 Å². The third-order valence-corrected chi connectivity index (χ3v) is 3.22. The van der Waals surface area contributed by atoms with Gasteiger partial charge in [0.25, 0.3) is 0 Å². The van der Waals surface area contributed by atoms with Gasteiger partial charge in [-0.2, -0.15) is 0 Å². The van der Waals surface area contributed by atoms with Gasteiger partial charge in [-0.25, -0.2) is 0 Å². The first kappa shape index (κ1) is 10.5. The molecule has 2 nitrogen and oxygen atoms in total. The molecule has 0 spiro atoms. The lowest BCUT2D eigenvalue weighted by atomic mass is 9.82. The molecule has 82 valence electrons. The number of aryl methyl sites for hydroxylation is 1. The standard InChI is InChI=1S/C13H18O2/c1-8-5-6-10-9(2)12(14)13(3,4)15-11(10)7-8/h5-7,9,12,14H,1-4H3. The molecule has 1 aliphatic heterocycles. The van der Waals surface area contributed by atoms with E-state index in [1.165, 1.54) is 5.56 Å². The number of rotatable bonds is 0. The predicted molar refractivity (Wildman–Crippen MR) is 60.3 cm³/mol. The van der Waals surface area contributed by atoms with Crippen LogP contribution in [0.1, 0.15) is 37.8 Å². The Morgan fingerprint density at radius 3 is 2.67 bits per heavy atom. The normalized spacial score (nSPS) is 28.1. The number of aliphatic hydroxyl groups is 1. The molecule has 0 saturated carbocycles. The van der Waals surface area contributed by atoms with Crippen LogP contribution < -0.4 is 4.74 Å². The van der Waals surface area contributed by atoms with E-state index < -0.39 is 11.7 Å². The van der Waals surface area contributed by atoms with Crippen LogP contribution in [0.5, 0.6) is 5.75 Å². The minimum atomic E-state index is -0.500. The average molecular weight is 206 g/mol. The molecule has 0 aliphatic carbocycles. The average Bonchev–Trinajstić information content (AvgIpc) is 2.13. The second-order valence-electron chi connectivity index (χ2n) is 4.98. The van der Waals surface area contributed by atoms with E-state index in [-0.39, 0.29) is 5.92 Å². The van der Waals surface area contributed by atoms with Crippen molar-refractivity contribution in [2.75, 3.05) is 0 Å². The van der Waals surface area contributed by atoms with E-state index in [1.807, 2.05) is 39.8 Å².